The Morgan fingerprint density at radius 2 is 1.85 bits per heavy atom. The van der Waals surface area contributed by atoms with Gasteiger partial charge in [0.1, 0.15) is 18.1 Å². The first-order valence-electron chi connectivity index (χ1n) is 10.4. The Bertz CT molecular complexity index is 1150. The van der Waals surface area contributed by atoms with Gasteiger partial charge in [-0.15, -0.1) is 0 Å². The zero-order chi connectivity index (χ0) is 23.6. The van der Waals surface area contributed by atoms with Gasteiger partial charge in [-0.2, -0.15) is 13.2 Å². The van der Waals surface area contributed by atoms with E-state index in [0.29, 0.717) is 11.3 Å². The number of aliphatic carboxylic acids is 1. The molecule has 0 radical (unpaired) electrons. The van der Waals surface area contributed by atoms with Crippen molar-refractivity contribution in [3.63, 3.8) is 0 Å². The number of ether oxygens (including phenoxy) is 2. The van der Waals surface area contributed by atoms with Crippen LogP contribution in [0.3, 0.4) is 0 Å². The van der Waals surface area contributed by atoms with Gasteiger partial charge in [0.2, 0.25) is 0 Å². The average molecular weight is 457 g/mol. The van der Waals surface area contributed by atoms with E-state index in [2.05, 4.69) is 4.98 Å². The number of carboxylic acids is 1. The first-order chi connectivity index (χ1) is 15.7. The number of carbonyl (C=O) groups is 1. The molecule has 1 aliphatic rings. The van der Waals surface area contributed by atoms with Gasteiger partial charge >= 0.3 is 12.1 Å². The predicted molar refractivity (Wildman–Crippen MR) is 115 cm³/mol. The van der Waals surface area contributed by atoms with Crippen LogP contribution in [0, 0.1) is 5.92 Å². The summed E-state index contributed by atoms with van der Waals surface area (Å²) in [6.45, 7) is 0.107. The van der Waals surface area contributed by atoms with Crippen LogP contribution in [-0.4, -0.2) is 23.2 Å². The second-order valence-electron chi connectivity index (χ2n) is 8.05. The molecule has 0 spiro atoms. The Hall–Kier alpha value is -3.55. The summed E-state index contributed by atoms with van der Waals surface area (Å²) in [4.78, 5) is 15.3. The highest BCUT2D eigenvalue weighted by Gasteiger charge is 2.41. The third-order valence-electron chi connectivity index (χ3n) is 5.72. The number of alkyl halides is 3. The SMILES string of the molecule is COc1ccc(-c2cncc(OCc3ccc(C(F)(F)F)cc3)c2)cc1C1CC1CC(=O)O. The van der Waals surface area contributed by atoms with E-state index in [4.69, 9.17) is 14.6 Å². The van der Waals surface area contributed by atoms with E-state index in [0.717, 1.165) is 41.0 Å². The molecule has 2 atom stereocenters. The lowest BCUT2D eigenvalue weighted by Crippen LogP contribution is -2.05. The fraction of sp³-hybridized carbons (Fsp3) is 0.280. The Balaban J connectivity index is 1.48. The van der Waals surface area contributed by atoms with Crippen LogP contribution in [0.15, 0.2) is 60.9 Å². The molecule has 5 nitrogen and oxygen atoms in total. The second kappa shape index (κ2) is 9.13. The molecule has 1 heterocycles. The third-order valence-corrected chi connectivity index (χ3v) is 5.72. The minimum Gasteiger partial charge on any atom is -0.496 e. The van der Waals surface area contributed by atoms with E-state index < -0.39 is 17.7 Å². The summed E-state index contributed by atoms with van der Waals surface area (Å²) in [6.07, 6.45) is -0.198. The van der Waals surface area contributed by atoms with Gasteiger partial charge in [0.05, 0.1) is 18.9 Å². The van der Waals surface area contributed by atoms with Crippen LogP contribution in [-0.2, 0) is 17.6 Å². The van der Waals surface area contributed by atoms with E-state index in [1.165, 1.54) is 12.1 Å². The van der Waals surface area contributed by atoms with E-state index in [9.17, 15) is 18.0 Å². The van der Waals surface area contributed by atoms with Crippen molar-refractivity contribution in [2.24, 2.45) is 5.92 Å². The molecule has 1 N–H and O–H groups in total. The maximum absolute atomic E-state index is 12.7. The third kappa shape index (κ3) is 5.45. The summed E-state index contributed by atoms with van der Waals surface area (Å²) in [5.74, 6) is 0.644. The van der Waals surface area contributed by atoms with Crippen LogP contribution in [0.4, 0.5) is 13.2 Å². The summed E-state index contributed by atoms with van der Waals surface area (Å²) in [5.41, 5.74) is 2.57. The summed E-state index contributed by atoms with van der Waals surface area (Å²) < 4.78 is 49.3. The van der Waals surface area contributed by atoms with Crippen molar-refractivity contribution in [1.82, 2.24) is 4.98 Å². The molecule has 2 aromatic carbocycles. The molecule has 3 aromatic rings. The molecular weight excluding hydrogens is 435 g/mol. The molecule has 33 heavy (non-hydrogen) atoms. The molecule has 1 saturated carbocycles. The van der Waals surface area contributed by atoms with Crippen LogP contribution >= 0.6 is 0 Å². The van der Waals surface area contributed by atoms with Crippen LogP contribution in [0.2, 0.25) is 0 Å². The smallest absolute Gasteiger partial charge is 0.416 e. The van der Waals surface area contributed by atoms with E-state index >= 15 is 0 Å². The molecule has 2 unspecified atom stereocenters. The first kappa shape index (κ1) is 22.6. The van der Waals surface area contributed by atoms with Gasteiger partial charge in [-0.3, -0.25) is 9.78 Å². The Kier molecular flexibility index (Phi) is 6.26. The largest absolute Gasteiger partial charge is 0.496 e. The van der Waals surface area contributed by atoms with Crippen molar-refractivity contribution >= 4 is 5.97 Å². The van der Waals surface area contributed by atoms with Crippen LogP contribution in [0.1, 0.15) is 35.4 Å². The monoisotopic (exact) mass is 457 g/mol. The topological polar surface area (TPSA) is 68.7 Å². The number of rotatable bonds is 8. The van der Waals surface area contributed by atoms with Gasteiger partial charge in [0, 0.05) is 18.2 Å². The summed E-state index contributed by atoms with van der Waals surface area (Å²) >= 11 is 0. The molecule has 1 aromatic heterocycles. The number of pyridine rings is 1. The van der Waals surface area contributed by atoms with E-state index in [1.807, 2.05) is 24.3 Å². The van der Waals surface area contributed by atoms with E-state index in [1.54, 1.807) is 19.5 Å². The second-order valence-corrected chi connectivity index (χ2v) is 8.05. The lowest BCUT2D eigenvalue weighted by molar-refractivity contribution is -0.138. The Morgan fingerprint density at radius 3 is 2.52 bits per heavy atom. The molecule has 172 valence electrons. The fourth-order valence-corrected chi connectivity index (χ4v) is 3.89. The van der Waals surface area contributed by atoms with Crippen molar-refractivity contribution in [1.29, 1.82) is 0 Å². The maximum Gasteiger partial charge on any atom is 0.416 e. The minimum absolute atomic E-state index is 0.100. The van der Waals surface area contributed by atoms with Crippen LogP contribution in [0.25, 0.3) is 11.1 Å². The Morgan fingerprint density at radius 1 is 1.09 bits per heavy atom. The number of carboxylic acid groups (broad SMARTS) is 1. The summed E-state index contributed by atoms with van der Waals surface area (Å²) in [5, 5.41) is 9.06. The summed E-state index contributed by atoms with van der Waals surface area (Å²) in [6, 6.07) is 12.4. The van der Waals surface area contributed by atoms with Crippen molar-refractivity contribution < 1.29 is 32.5 Å². The van der Waals surface area contributed by atoms with Crippen molar-refractivity contribution in [3.05, 3.63) is 77.6 Å². The lowest BCUT2D eigenvalue weighted by atomic mass is 10.00. The normalized spacial score (nSPS) is 17.5. The van der Waals surface area contributed by atoms with Gasteiger partial charge in [0.25, 0.3) is 0 Å². The molecule has 1 aliphatic carbocycles. The number of benzene rings is 2. The molecule has 0 saturated heterocycles. The van der Waals surface area contributed by atoms with Gasteiger partial charge in [-0.05, 0) is 65.3 Å². The number of nitrogens with zero attached hydrogens (tertiary/aromatic N) is 1. The van der Waals surface area contributed by atoms with Gasteiger partial charge < -0.3 is 14.6 Å². The standard InChI is InChI=1S/C25H22F3NO4/c1-32-23-7-4-16(9-22(23)21-10-17(21)11-24(30)31)18-8-20(13-29-12-18)33-14-15-2-5-19(6-3-15)25(26,27)28/h2-9,12-13,17,21H,10-11,14H2,1H3,(H,30,31). The molecule has 0 bridgehead atoms. The number of hydrogen-bond acceptors (Lipinski definition) is 4. The van der Waals surface area contributed by atoms with Crippen LogP contribution in [0.5, 0.6) is 11.5 Å². The van der Waals surface area contributed by atoms with Gasteiger partial charge in [-0.1, -0.05) is 18.2 Å². The molecule has 0 aliphatic heterocycles. The molecule has 4 rings (SSSR count). The van der Waals surface area contributed by atoms with Crippen molar-refractivity contribution in [2.75, 3.05) is 7.11 Å². The van der Waals surface area contributed by atoms with Gasteiger partial charge in [-0.25, -0.2) is 0 Å². The number of halogens is 3. The summed E-state index contributed by atoms with van der Waals surface area (Å²) in [7, 11) is 1.59. The number of aromatic nitrogens is 1. The maximum atomic E-state index is 12.7. The highest BCUT2D eigenvalue weighted by Crippen LogP contribution is 2.52. The highest BCUT2D eigenvalue weighted by molar-refractivity contribution is 5.69. The van der Waals surface area contributed by atoms with Crippen molar-refractivity contribution in [2.45, 2.75) is 31.5 Å². The van der Waals surface area contributed by atoms with Crippen molar-refractivity contribution in [3.8, 4) is 22.6 Å². The fourth-order valence-electron chi connectivity index (χ4n) is 3.89. The zero-order valence-corrected chi connectivity index (χ0v) is 17.8. The lowest BCUT2D eigenvalue weighted by Gasteiger charge is -2.12. The average Bonchev–Trinajstić information content (AvgIpc) is 3.55. The zero-order valence-electron chi connectivity index (χ0n) is 17.8. The molecular formula is C25H22F3NO4. The minimum atomic E-state index is -4.37. The quantitative estimate of drug-likeness (QED) is 0.454. The van der Waals surface area contributed by atoms with E-state index in [-0.39, 0.29) is 24.9 Å². The first-order valence-corrected chi connectivity index (χ1v) is 10.4. The molecule has 0 amide bonds. The molecule has 8 heteroatoms. The van der Waals surface area contributed by atoms with Crippen LogP contribution < -0.4 is 9.47 Å². The van der Waals surface area contributed by atoms with Gasteiger partial charge in [0.15, 0.2) is 0 Å². The number of methoxy groups -OCH3 is 1. The highest BCUT2D eigenvalue weighted by atomic mass is 19.4. The predicted octanol–water partition coefficient (Wildman–Crippen LogP) is 5.93. The Labute approximate surface area is 188 Å². The number of hydrogen-bond donors (Lipinski definition) is 1. The molecule has 1 fully saturated rings.